The van der Waals surface area contributed by atoms with Crippen LogP contribution in [0.3, 0.4) is 0 Å². The predicted octanol–water partition coefficient (Wildman–Crippen LogP) is 1.58. The van der Waals surface area contributed by atoms with Gasteiger partial charge in [-0.05, 0) is 40.5 Å². The molecule has 1 amide bonds. The third-order valence-corrected chi connectivity index (χ3v) is 2.35. The van der Waals surface area contributed by atoms with Crippen molar-refractivity contribution in [2.24, 2.45) is 0 Å². The van der Waals surface area contributed by atoms with Gasteiger partial charge in [-0.2, -0.15) is 0 Å². The van der Waals surface area contributed by atoms with Gasteiger partial charge in [0, 0.05) is 13.1 Å². The summed E-state index contributed by atoms with van der Waals surface area (Å²) in [5, 5.41) is 9.62. The molecule has 0 saturated carbocycles. The minimum Gasteiger partial charge on any atom is -0.444 e. The Bertz CT molecular complexity index is 233. The smallest absolute Gasteiger partial charge is 0.410 e. The van der Waals surface area contributed by atoms with Crippen LogP contribution >= 0.6 is 0 Å². The Balaban J connectivity index is 2.44. The van der Waals surface area contributed by atoms with Crippen LogP contribution in [0.15, 0.2) is 0 Å². The summed E-state index contributed by atoms with van der Waals surface area (Å²) in [6.07, 6.45) is 0.705. The summed E-state index contributed by atoms with van der Waals surface area (Å²) in [5.41, 5.74) is -1.34. The summed E-state index contributed by atoms with van der Waals surface area (Å²) >= 11 is 0. The van der Waals surface area contributed by atoms with Crippen molar-refractivity contribution in [3.8, 4) is 0 Å². The normalized spacial score (nSPS) is 21.3. The van der Waals surface area contributed by atoms with Crippen LogP contribution in [0.4, 0.5) is 4.79 Å². The van der Waals surface area contributed by atoms with Crippen LogP contribution in [0.2, 0.25) is 0 Å². The predicted molar refractivity (Wildman–Crippen MR) is 57.3 cm³/mol. The monoisotopic (exact) mass is 214 g/mol. The van der Waals surface area contributed by atoms with Crippen LogP contribution in [0.25, 0.3) is 0 Å². The van der Waals surface area contributed by atoms with Crippen LogP contribution in [0.1, 0.15) is 33.6 Å². The molecule has 0 bridgehead atoms. The number of carbonyl (C=O) groups is 1. The van der Waals surface area contributed by atoms with Crippen molar-refractivity contribution in [1.29, 1.82) is 0 Å². The Hall–Kier alpha value is -0.770. The van der Waals surface area contributed by atoms with E-state index in [2.05, 4.69) is 6.92 Å². The van der Waals surface area contributed by atoms with Crippen molar-refractivity contribution < 1.29 is 14.6 Å². The van der Waals surface area contributed by atoms with E-state index in [1.807, 2.05) is 20.8 Å². The van der Waals surface area contributed by atoms with Crippen molar-refractivity contribution in [2.75, 3.05) is 13.1 Å². The lowest BCUT2D eigenvalue weighted by Crippen LogP contribution is -2.46. The minimum atomic E-state index is -0.876. The largest absolute Gasteiger partial charge is 0.444 e. The Morgan fingerprint density at radius 3 is 2.27 bits per heavy atom. The van der Waals surface area contributed by atoms with Gasteiger partial charge in [-0.3, -0.25) is 0 Å². The van der Waals surface area contributed by atoms with Gasteiger partial charge in [0.25, 0.3) is 0 Å². The zero-order valence-electron chi connectivity index (χ0n) is 9.75. The summed E-state index contributed by atoms with van der Waals surface area (Å²) < 4.78 is 5.23. The molecule has 4 heteroatoms. The van der Waals surface area contributed by atoms with Crippen LogP contribution in [0, 0.1) is 6.92 Å². The molecule has 1 radical (unpaired) electrons. The first-order valence-electron chi connectivity index (χ1n) is 5.25. The summed E-state index contributed by atoms with van der Waals surface area (Å²) in [4.78, 5) is 13.2. The van der Waals surface area contributed by atoms with E-state index < -0.39 is 11.2 Å². The number of nitrogens with zero attached hydrogens (tertiary/aromatic N) is 1. The standard InChI is InChI=1S/C11H20NO3/c1-10(2,3)15-9(13)12-7-5-11(4,14)6-8-12/h14H,4-8H2,1-3H3. The average Bonchev–Trinajstić information content (AvgIpc) is 2.00. The van der Waals surface area contributed by atoms with Gasteiger partial charge in [-0.15, -0.1) is 0 Å². The summed E-state index contributed by atoms with van der Waals surface area (Å²) in [6.45, 7) is 10.2. The van der Waals surface area contributed by atoms with Gasteiger partial charge in [0.2, 0.25) is 0 Å². The second-order valence-corrected chi connectivity index (χ2v) is 5.19. The molecule has 1 saturated heterocycles. The molecule has 0 unspecified atom stereocenters. The van der Waals surface area contributed by atoms with E-state index in [9.17, 15) is 9.90 Å². The number of aliphatic hydroxyl groups is 1. The van der Waals surface area contributed by atoms with Gasteiger partial charge in [0.05, 0.1) is 5.60 Å². The fraction of sp³-hybridized carbons (Fsp3) is 0.818. The first-order chi connectivity index (χ1) is 6.70. The summed E-state index contributed by atoms with van der Waals surface area (Å²) in [6, 6.07) is 0. The number of piperidine rings is 1. The molecular formula is C11H20NO3. The lowest BCUT2D eigenvalue weighted by Gasteiger charge is -2.36. The average molecular weight is 214 g/mol. The van der Waals surface area contributed by atoms with Crippen LogP contribution in [-0.4, -0.2) is 40.4 Å². The molecule has 1 fully saturated rings. The maximum absolute atomic E-state index is 11.6. The van der Waals surface area contributed by atoms with Gasteiger partial charge in [0.1, 0.15) is 5.60 Å². The van der Waals surface area contributed by atoms with E-state index in [1.54, 1.807) is 4.90 Å². The highest BCUT2D eigenvalue weighted by molar-refractivity contribution is 5.68. The Morgan fingerprint density at radius 1 is 1.40 bits per heavy atom. The Morgan fingerprint density at radius 2 is 1.87 bits per heavy atom. The zero-order valence-corrected chi connectivity index (χ0v) is 9.75. The highest BCUT2D eigenvalue weighted by Crippen LogP contribution is 2.22. The molecule has 4 nitrogen and oxygen atoms in total. The van der Waals surface area contributed by atoms with Crippen molar-refractivity contribution in [1.82, 2.24) is 4.90 Å². The number of carbonyl (C=O) groups excluding carboxylic acids is 1. The molecule has 1 N–H and O–H groups in total. The molecule has 0 aromatic carbocycles. The maximum atomic E-state index is 11.6. The highest BCUT2D eigenvalue weighted by atomic mass is 16.6. The summed E-state index contributed by atoms with van der Waals surface area (Å²) in [5.74, 6) is 0. The second-order valence-electron chi connectivity index (χ2n) is 5.19. The SMILES string of the molecule is [CH2]C1(O)CCN(C(=O)OC(C)(C)C)CC1. The highest BCUT2D eigenvalue weighted by Gasteiger charge is 2.31. The van der Waals surface area contributed by atoms with Gasteiger partial charge < -0.3 is 14.7 Å². The van der Waals surface area contributed by atoms with Crippen molar-refractivity contribution in [3.63, 3.8) is 0 Å². The molecule has 0 aromatic heterocycles. The number of amides is 1. The Kier molecular flexibility index (Phi) is 3.28. The molecule has 15 heavy (non-hydrogen) atoms. The number of likely N-dealkylation sites (tertiary alicyclic amines) is 1. The van der Waals surface area contributed by atoms with E-state index >= 15 is 0 Å². The first-order valence-corrected chi connectivity index (χ1v) is 5.25. The van der Waals surface area contributed by atoms with Crippen molar-refractivity contribution in [2.45, 2.75) is 44.8 Å². The number of hydrogen-bond donors (Lipinski definition) is 1. The quantitative estimate of drug-likeness (QED) is 0.666. The van der Waals surface area contributed by atoms with Crippen LogP contribution in [0.5, 0.6) is 0 Å². The van der Waals surface area contributed by atoms with E-state index in [4.69, 9.17) is 4.74 Å². The fourth-order valence-electron chi connectivity index (χ4n) is 1.43. The van der Waals surface area contributed by atoms with Gasteiger partial charge in [0.15, 0.2) is 0 Å². The number of ether oxygens (including phenoxy) is 1. The molecule has 1 aliphatic rings. The molecule has 87 valence electrons. The van der Waals surface area contributed by atoms with Crippen molar-refractivity contribution >= 4 is 6.09 Å². The molecule has 0 spiro atoms. The minimum absolute atomic E-state index is 0.307. The topological polar surface area (TPSA) is 49.8 Å². The van der Waals surface area contributed by atoms with Gasteiger partial charge >= 0.3 is 6.09 Å². The van der Waals surface area contributed by atoms with Crippen molar-refractivity contribution in [3.05, 3.63) is 6.92 Å². The number of hydrogen-bond acceptors (Lipinski definition) is 3. The molecule has 0 atom stereocenters. The molecular weight excluding hydrogens is 194 g/mol. The first kappa shape index (κ1) is 12.3. The third kappa shape index (κ3) is 4.08. The molecule has 1 heterocycles. The Labute approximate surface area is 91.2 Å². The van der Waals surface area contributed by atoms with E-state index in [0.717, 1.165) is 0 Å². The van der Waals surface area contributed by atoms with E-state index in [-0.39, 0.29) is 6.09 Å². The molecule has 0 aliphatic carbocycles. The summed E-state index contributed by atoms with van der Waals surface area (Å²) in [7, 11) is 0. The maximum Gasteiger partial charge on any atom is 0.410 e. The second kappa shape index (κ2) is 4.00. The third-order valence-electron chi connectivity index (χ3n) is 2.35. The van der Waals surface area contributed by atoms with E-state index in [0.29, 0.717) is 25.9 Å². The molecule has 1 rings (SSSR count). The fourth-order valence-corrected chi connectivity index (χ4v) is 1.43. The van der Waals surface area contributed by atoms with Crippen LogP contribution < -0.4 is 0 Å². The number of rotatable bonds is 0. The lowest BCUT2D eigenvalue weighted by molar-refractivity contribution is -0.00965. The zero-order chi connectivity index (χ0) is 11.7. The molecule has 0 aromatic rings. The molecule has 1 aliphatic heterocycles. The van der Waals surface area contributed by atoms with Gasteiger partial charge in [-0.25, -0.2) is 4.79 Å². The van der Waals surface area contributed by atoms with E-state index in [1.165, 1.54) is 0 Å². The lowest BCUT2D eigenvalue weighted by atomic mass is 9.94. The van der Waals surface area contributed by atoms with Crippen LogP contribution in [-0.2, 0) is 4.74 Å². The van der Waals surface area contributed by atoms with Gasteiger partial charge in [-0.1, -0.05) is 0 Å².